The Hall–Kier alpha value is -2.99. The van der Waals surface area contributed by atoms with Crippen LogP contribution in [0.25, 0.3) is 20.4 Å². The number of nitroso groups, excluding NO2 is 1. The number of aromatic nitrogens is 2. The van der Waals surface area contributed by atoms with Crippen LogP contribution in [-0.2, 0) is 11.2 Å². The highest BCUT2D eigenvalue weighted by atomic mass is 32.1. The molecule has 0 aliphatic heterocycles. The molecule has 8 fully saturated rings. The summed E-state index contributed by atoms with van der Waals surface area (Å²) in [6, 6.07) is 4.15. The first-order chi connectivity index (χ1) is 23.4. The summed E-state index contributed by atoms with van der Waals surface area (Å²) in [5.74, 6) is 2.75. The minimum absolute atomic E-state index is 0. The Balaban J connectivity index is 0.000000131. The normalized spacial score (nSPS) is 32.6. The summed E-state index contributed by atoms with van der Waals surface area (Å²) in [5, 5.41) is 4.28. The van der Waals surface area contributed by atoms with Crippen LogP contribution in [0.3, 0.4) is 0 Å². The number of ketones is 1. The summed E-state index contributed by atoms with van der Waals surface area (Å²) in [6.07, 6.45) is 16.2. The lowest BCUT2D eigenvalue weighted by Gasteiger charge is -2.56. The summed E-state index contributed by atoms with van der Waals surface area (Å²) >= 11 is 2.30. The maximum Gasteiger partial charge on any atom is 0.181 e. The summed E-state index contributed by atoms with van der Waals surface area (Å²) in [4.78, 5) is 31.5. The van der Waals surface area contributed by atoms with E-state index in [0.717, 1.165) is 78.2 Å². The molecular weight excluding hydrogens is 685 g/mol. The smallest absolute Gasteiger partial charge is 0.181 e. The van der Waals surface area contributed by atoms with Gasteiger partial charge in [-0.2, -0.15) is 4.91 Å². The Kier molecular flexibility index (Phi) is 9.58. The van der Waals surface area contributed by atoms with Crippen molar-refractivity contribution >= 4 is 54.0 Å². The van der Waals surface area contributed by atoms with E-state index in [4.69, 9.17) is 5.73 Å². The van der Waals surface area contributed by atoms with Crippen LogP contribution >= 0.6 is 22.7 Å². The molecule has 8 bridgehead atoms. The minimum atomic E-state index is -0.669. The van der Waals surface area contributed by atoms with Gasteiger partial charge in [-0.1, -0.05) is 23.9 Å². The van der Waals surface area contributed by atoms with Gasteiger partial charge in [0.1, 0.15) is 39.0 Å². The molecule has 268 valence electrons. The van der Waals surface area contributed by atoms with Crippen LogP contribution in [0.4, 0.5) is 22.7 Å². The quantitative estimate of drug-likeness (QED) is 0.163. The first-order valence-electron chi connectivity index (χ1n) is 17.6. The zero-order valence-corrected chi connectivity index (χ0v) is 28.9. The monoisotopic (exact) mass is 728 g/mol. The van der Waals surface area contributed by atoms with E-state index in [2.05, 4.69) is 15.1 Å². The van der Waals surface area contributed by atoms with Crippen molar-refractivity contribution in [2.75, 3.05) is 5.73 Å². The van der Waals surface area contributed by atoms with E-state index in [-0.39, 0.29) is 46.7 Å². The van der Waals surface area contributed by atoms with Crippen molar-refractivity contribution < 1.29 is 22.4 Å². The van der Waals surface area contributed by atoms with Gasteiger partial charge in [-0.05, 0) is 130 Å². The Bertz CT molecular complexity index is 1850. The second-order valence-electron chi connectivity index (χ2n) is 16.2. The lowest BCUT2D eigenvalue weighted by atomic mass is 9.48. The van der Waals surface area contributed by atoms with Gasteiger partial charge in [0.2, 0.25) is 0 Å². The highest BCUT2D eigenvalue weighted by Gasteiger charge is 2.53. The zero-order chi connectivity index (χ0) is 34.1. The molecule has 0 amide bonds. The number of Topliss-reactive ketones (excluding diaryl/α,β-unsaturated/α-hetero) is 1. The molecule has 0 saturated heterocycles. The summed E-state index contributed by atoms with van der Waals surface area (Å²) in [5.41, 5.74) is 5.78. The van der Waals surface area contributed by atoms with Crippen molar-refractivity contribution in [3.05, 3.63) is 57.4 Å². The molecular formula is C38H44F4N4O2S2. The van der Waals surface area contributed by atoms with Crippen LogP contribution in [-0.4, -0.2) is 21.3 Å². The van der Waals surface area contributed by atoms with Crippen molar-refractivity contribution in [3.63, 3.8) is 0 Å². The first-order valence-corrected chi connectivity index (χ1v) is 19.2. The Labute approximate surface area is 297 Å². The zero-order valence-electron chi connectivity index (χ0n) is 27.2. The van der Waals surface area contributed by atoms with Crippen LogP contribution < -0.4 is 5.73 Å². The number of nitrogens with two attached hydrogens (primary N) is 1. The predicted octanol–water partition coefficient (Wildman–Crippen LogP) is 10.8. The van der Waals surface area contributed by atoms with Crippen molar-refractivity contribution in [2.45, 2.75) is 103 Å². The molecule has 12 rings (SSSR count). The third-order valence-electron chi connectivity index (χ3n) is 12.2. The van der Waals surface area contributed by atoms with Crippen LogP contribution in [0.1, 0.15) is 95.9 Å². The molecule has 2 heterocycles. The molecule has 8 aliphatic carbocycles. The van der Waals surface area contributed by atoms with Crippen LogP contribution in [0.5, 0.6) is 0 Å². The molecule has 2 aromatic heterocycles. The number of nitrogen functional groups attached to an aromatic ring is 1. The van der Waals surface area contributed by atoms with E-state index in [0.29, 0.717) is 20.8 Å². The van der Waals surface area contributed by atoms with Gasteiger partial charge in [-0.25, -0.2) is 27.5 Å². The molecule has 8 aliphatic rings. The number of halogens is 4. The number of hydrogen-bond acceptors (Lipinski definition) is 8. The summed E-state index contributed by atoms with van der Waals surface area (Å²) in [7, 11) is 0. The van der Waals surface area contributed by atoms with Crippen molar-refractivity contribution in [3.8, 4) is 0 Å². The fraction of sp³-hybridized carbons (Fsp3) is 0.605. The second-order valence-corrected chi connectivity index (χ2v) is 18.3. The van der Waals surface area contributed by atoms with Gasteiger partial charge in [0, 0.05) is 18.6 Å². The number of benzene rings is 2. The van der Waals surface area contributed by atoms with Crippen molar-refractivity contribution in [2.24, 2.45) is 46.1 Å². The number of fused-ring (bicyclic) bond motifs is 2. The number of carbonyl (C=O) groups excluding carboxylic acids is 1. The van der Waals surface area contributed by atoms with Gasteiger partial charge in [0.05, 0.1) is 15.8 Å². The maximum absolute atomic E-state index is 13.8. The van der Waals surface area contributed by atoms with Gasteiger partial charge >= 0.3 is 0 Å². The third kappa shape index (κ3) is 7.07. The molecule has 0 atom stereocenters. The Morgan fingerprint density at radius 3 is 1.64 bits per heavy atom. The first kappa shape index (κ1) is 35.4. The topological polar surface area (TPSA) is 98.3 Å². The van der Waals surface area contributed by atoms with E-state index in [1.54, 1.807) is 0 Å². The van der Waals surface area contributed by atoms with E-state index < -0.39 is 23.3 Å². The minimum Gasteiger partial charge on any atom is -0.375 e. The van der Waals surface area contributed by atoms with E-state index >= 15 is 0 Å². The number of carbonyl (C=O) groups is 1. The lowest BCUT2D eigenvalue weighted by molar-refractivity contribution is -0.126. The number of anilines is 1. The predicted molar refractivity (Wildman–Crippen MR) is 191 cm³/mol. The average Bonchev–Trinajstić information content (AvgIpc) is 3.58. The Morgan fingerprint density at radius 1 is 0.720 bits per heavy atom. The van der Waals surface area contributed by atoms with Crippen LogP contribution in [0.2, 0.25) is 0 Å². The largest absolute Gasteiger partial charge is 0.375 e. The Morgan fingerprint density at radius 2 is 1.16 bits per heavy atom. The molecule has 8 saturated carbocycles. The molecule has 2 aromatic carbocycles. The maximum atomic E-state index is 13.8. The highest BCUT2D eigenvalue weighted by molar-refractivity contribution is 7.22. The number of thiazole rings is 2. The fourth-order valence-corrected chi connectivity index (χ4v) is 13.2. The fourth-order valence-electron chi connectivity index (χ4n) is 11.4. The molecule has 4 aromatic rings. The van der Waals surface area contributed by atoms with Crippen molar-refractivity contribution in [1.82, 2.24) is 9.97 Å². The highest BCUT2D eigenvalue weighted by Crippen LogP contribution is 2.61. The van der Waals surface area contributed by atoms with Gasteiger partial charge in [-0.15, -0.1) is 11.3 Å². The molecule has 2 N–H and O–H groups in total. The second kappa shape index (κ2) is 13.5. The number of nitrogens with zero attached hydrogens (tertiary/aromatic N) is 3. The number of hydrogen-bond donors (Lipinski definition) is 1. The lowest BCUT2D eigenvalue weighted by Crippen LogP contribution is -2.49. The van der Waals surface area contributed by atoms with Crippen LogP contribution in [0, 0.1) is 69.1 Å². The van der Waals surface area contributed by atoms with E-state index in [1.165, 1.54) is 81.3 Å². The van der Waals surface area contributed by atoms with E-state index in [9.17, 15) is 27.3 Å². The van der Waals surface area contributed by atoms with Gasteiger partial charge < -0.3 is 5.73 Å². The van der Waals surface area contributed by atoms with Gasteiger partial charge in [0.25, 0.3) is 0 Å². The molecule has 50 heavy (non-hydrogen) atoms. The van der Waals surface area contributed by atoms with Gasteiger partial charge in [-0.3, -0.25) is 4.79 Å². The summed E-state index contributed by atoms with van der Waals surface area (Å²) in [6.45, 7) is 0. The third-order valence-corrected chi connectivity index (χ3v) is 14.0. The van der Waals surface area contributed by atoms with Crippen molar-refractivity contribution in [1.29, 1.82) is 0 Å². The molecule has 6 nitrogen and oxygen atoms in total. The molecule has 0 radical (unpaired) electrons. The standard InChI is InChI=1S/C20H21F2NOS.C10H15NO.C7H4F2N2S.CH4/c21-14-4-16(22)19-17(5-14)25-18(23-19)6-15(24)10-20-7-11-1-12(8-20)3-13(2-11)9-20;12-11-10-4-7-1-8(5-10)3-9(2-7)6-10;8-3-1-4(9)6-5(2-3)12-7(10)11-6;/h4-5,11-13H,1-3,6-10H2;7-9H,1-6H2;1-2H,(H2,10,11);1H4. The summed E-state index contributed by atoms with van der Waals surface area (Å²) < 4.78 is 53.6. The number of rotatable bonds is 5. The van der Waals surface area contributed by atoms with Gasteiger partial charge in [0.15, 0.2) is 16.8 Å². The SMILES string of the molecule is C.Nc1nc2c(F)cc(F)cc2s1.O=C(Cc1nc2c(F)cc(F)cc2s1)CC12CC3CC(CC(C3)C1)C2.O=NC12CC3CC(CC(C3)C1)C2. The molecule has 12 heteroatoms. The molecule has 0 spiro atoms. The average molecular weight is 729 g/mol. The molecule has 0 unspecified atom stereocenters. The van der Waals surface area contributed by atoms with E-state index in [1.807, 2.05) is 0 Å². The van der Waals surface area contributed by atoms with Crippen LogP contribution in [0.15, 0.2) is 29.4 Å².